The molecular formula is C10H17NO. The Kier molecular flexibility index (Phi) is 4.79. The zero-order valence-corrected chi connectivity index (χ0v) is 7.59. The summed E-state index contributed by atoms with van der Waals surface area (Å²) in [6.45, 7) is 0.994. The minimum Gasteiger partial charge on any atom is -0.373 e. The average Bonchev–Trinajstić information content (AvgIpc) is 2.87. The molecule has 1 unspecified atom stereocenters. The van der Waals surface area contributed by atoms with Crippen LogP contribution in [0.5, 0.6) is 0 Å². The van der Waals surface area contributed by atoms with E-state index >= 15 is 0 Å². The summed E-state index contributed by atoms with van der Waals surface area (Å²) in [5, 5.41) is 8.28. The lowest BCUT2D eigenvalue weighted by Gasteiger charge is -1.97. The summed E-state index contributed by atoms with van der Waals surface area (Å²) in [6.07, 6.45) is 8.78. The monoisotopic (exact) mass is 167 g/mol. The highest BCUT2D eigenvalue weighted by Gasteiger charge is 2.20. The summed E-state index contributed by atoms with van der Waals surface area (Å²) >= 11 is 0. The number of nitrogens with zero attached hydrogens (tertiary/aromatic N) is 1. The fourth-order valence-electron chi connectivity index (χ4n) is 1.34. The van der Waals surface area contributed by atoms with Gasteiger partial charge in [-0.05, 0) is 12.8 Å². The van der Waals surface area contributed by atoms with Crippen molar-refractivity contribution < 1.29 is 4.74 Å². The average molecular weight is 167 g/mol. The molecule has 1 heterocycles. The third kappa shape index (κ3) is 5.15. The van der Waals surface area contributed by atoms with E-state index in [1.807, 2.05) is 0 Å². The van der Waals surface area contributed by atoms with E-state index in [-0.39, 0.29) is 0 Å². The summed E-state index contributed by atoms with van der Waals surface area (Å²) in [7, 11) is 0. The van der Waals surface area contributed by atoms with Crippen LogP contribution in [0, 0.1) is 11.3 Å². The van der Waals surface area contributed by atoms with E-state index in [0.29, 0.717) is 6.10 Å². The molecule has 0 bridgehead atoms. The molecule has 0 aromatic carbocycles. The first-order valence-corrected chi connectivity index (χ1v) is 4.92. The third-order valence-corrected chi connectivity index (χ3v) is 2.22. The number of hydrogen-bond acceptors (Lipinski definition) is 2. The minimum absolute atomic E-state index is 0.601. The Balaban J connectivity index is 1.68. The fourth-order valence-corrected chi connectivity index (χ4v) is 1.34. The van der Waals surface area contributed by atoms with E-state index in [4.69, 9.17) is 10.00 Å². The summed E-state index contributed by atoms with van der Waals surface area (Å²) in [5.74, 6) is 0. The summed E-state index contributed by atoms with van der Waals surface area (Å²) in [5.41, 5.74) is 0. The van der Waals surface area contributed by atoms with Gasteiger partial charge in [0.1, 0.15) is 0 Å². The molecule has 68 valence electrons. The molecule has 0 N–H and O–H groups in total. The summed E-state index contributed by atoms with van der Waals surface area (Å²) in [4.78, 5) is 0. The van der Waals surface area contributed by atoms with Gasteiger partial charge in [-0.2, -0.15) is 5.26 Å². The Labute approximate surface area is 74.5 Å². The quantitative estimate of drug-likeness (QED) is 0.431. The molecular weight excluding hydrogens is 150 g/mol. The smallest absolute Gasteiger partial charge is 0.0810 e. The number of ether oxygens (including phenoxy) is 1. The van der Waals surface area contributed by atoms with E-state index in [1.54, 1.807) is 0 Å². The molecule has 2 heteroatoms. The molecule has 12 heavy (non-hydrogen) atoms. The highest BCUT2D eigenvalue weighted by Crippen LogP contribution is 2.17. The van der Waals surface area contributed by atoms with Crippen LogP contribution in [0.15, 0.2) is 0 Å². The van der Waals surface area contributed by atoms with Crippen LogP contribution < -0.4 is 0 Å². The Morgan fingerprint density at radius 2 is 1.83 bits per heavy atom. The van der Waals surface area contributed by atoms with Gasteiger partial charge in [0.15, 0.2) is 0 Å². The number of rotatable bonds is 7. The van der Waals surface area contributed by atoms with Gasteiger partial charge in [0.2, 0.25) is 0 Å². The van der Waals surface area contributed by atoms with Gasteiger partial charge < -0.3 is 4.74 Å². The standard InChI is InChI=1S/C10H17NO/c11-8-6-4-2-1-3-5-7-10-9-12-10/h10H,1-7,9H2. The Morgan fingerprint density at radius 3 is 2.50 bits per heavy atom. The topological polar surface area (TPSA) is 36.3 Å². The molecule has 2 nitrogen and oxygen atoms in total. The van der Waals surface area contributed by atoms with Crippen molar-refractivity contribution in [1.82, 2.24) is 0 Å². The van der Waals surface area contributed by atoms with Crippen molar-refractivity contribution in [1.29, 1.82) is 5.26 Å². The lowest BCUT2D eigenvalue weighted by Crippen LogP contribution is -1.85. The van der Waals surface area contributed by atoms with Gasteiger partial charge in [-0.3, -0.25) is 0 Å². The molecule has 0 spiro atoms. The van der Waals surface area contributed by atoms with Crippen LogP contribution in [0.25, 0.3) is 0 Å². The number of unbranched alkanes of at least 4 members (excludes halogenated alkanes) is 5. The fraction of sp³-hybridized carbons (Fsp3) is 0.900. The van der Waals surface area contributed by atoms with Crippen molar-refractivity contribution in [2.45, 2.75) is 51.0 Å². The van der Waals surface area contributed by atoms with Crippen LogP contribution in [0.2, 0.25) is 0 Å². The van der Waals surface area contributed by atoms with Crippen molar-refractivity contribution in [2.75, 3.05) is 6.61 Å². The van der Waals surface area contributed by atoms with Gasteiger partial charge in [0.25, 0.3) is 0 Å². The maximum atomic E-state index is 8.28. The minimum atomic E-state index is 0.601. The molecule has 0 saturated carbocycles. The third-order valence-electron chi connectivity index (χ3n) is 2.22. The molecule has 1 aliphatic heterocycles. The van der Waals surface area contributed by atoms with Gasteiger partial charge in [-0.1, -0.05) is 25.7 Å². The van der Waals surface area contributed by atoms with E-state index in [0.717, 1.165) is 19.4 Å². The summed E-state index contributed by atoms with van der Waals surface area (Å²) in [6, 6.07) is 2.17. The molecule has 0 aromatic heterocycles. The molecule has 0 radical (unpaired) electrons. The van der Waals surface area contributed by atoms with Crippen molar-refractivity contribution in [3.8, 4) is 6.07 Å². The van der Waals surface area contributed by atoms with Crippen LogP contribution in [-0.4, -0.2) is 12.7 Å². The molecule has 0 aliphatic carbocycles. The van der Waals surface area contributed by atoms with E-state index < -0.39 is 0 Å². The molecule has 1 fully saturated rings. The molecule has 0 aromatic rings. The Bertz CT molecular complexity index is 146. The molecule has 0 amide bonds. The Morgan fingerprint density at radius 1 is 1.17 bits per heavy atom. The van der Waals surface area contributed by atoms with Crippen LogP contribution >= 0.6 is 0 Å². The van der Waals surface area contributed by atoms with Gasteiger partial charge >= 0.3 is 0 Å². The molecule has 1 saturated heterocycles. The predicted molar refractivity (Wildman–Crippen MR) is 47.7 cm³/mol. The summed E-state index contributed by atoms with van der Waals surface area (Å²) < 4.78 is 5.11. The second-order valence-corrected chi connectivity index (χ2v) is 3.42. The first-order chi connectivity index (χ1) is 5.93. The SMILES string of the molecule is N#CCCCCCCCC1CO1. The van der Waals surface area contributed by atoms with Gasteiger partial charge in [0, 0.05) is 6.42 Å². The zero-order valence-electron chi connectivity index (χ0n) is 7.59. The molecule has 1 aliphatic rings. The van der Waals surface area contributed by atoms with Gasteiger partial charge in [-0.15, -0.1) is 0 Å². The lowest BCUT2D eigenvalue weighted by atomic mass is 10.1. The highest BCUT2D eigenvalue weighted by atomic mass is 16.6. The number of hydrogen-bond donors (Lipinski definition) is 0. The molecule has 1 atom stereocenters. The van der Waals surface area contributed by atoms with E-state index in [9.17, 15) is 0 Å². The zero-order chi connectivity index (χ0) is 8.65. The maximum Gasteiger partial charge on any atom is 0.0810 e. The van der Waals surface area contributed by atoms with Crippen LogP contribution in [0.3, 0.4) is 0 Å². The lowest BCUT2D eigenvalue weighted by molar-refractivity contribution is 0.387. The van der Waals surface area contributed by atoms with Crippen molar-refractivity contribution in [3.05, 3.63) is 0 Å². The van der Waals surface area contributed by atoms with Crippen molar-refractivity contribution in [2.24, 2.45) is 0 Å². The predicted octanol–water partition coefficient (Wildman–Crippen LogP) is 2.64. The van der Waals surface area contributed by atoms with Crippen molar-refractivity contribution in [3.63, 3.8) is 0 Å². The normalized spacial score (nSPS) is 20.4. The number of nitriles is 1. The first-order valence-electron chi connectivity index (χ1n) is 4.92. The second kappa shape index (κ2) is 6.02. The largest absolute Gasteiger partial charge is 0.373 e. The number of epoxide rings is 1. The highest BCUT2D eigenvalue weighted by molar-refractivity contribution is 4.69. The van der Waals surface area contributed by atoms with E-state index in [1.165, 1.54) is 32.1 Å². The van der Waals surface area contributed by atoms with Crippen molar-refractivity contribution >= 4 is 0 Å². The maximum absolute atomic E-state index is 8.28. The van der Waals surface area contributed by atoms with Crippen LogP contribution in [-0.2, 0) is 4.74 Å². The van der Waals surface area contributed by atoms with Crippen LogP contribution in [0.1, 0.15) is 44.9 Å². The first kappa shape index (κ1) is 9.54. The van der Waals surface area contributed by atoms with Gasteiger partial charge in [-0.25, -0.2) is 0 Å². The Hall–Kier alpha value is -0.550. The van der Waals surface area contributed by atoms with E-state index in [2.05, 4.69) is 6.07 Å². The second-order valence-electron chi connectivity index (χ2n) is 3.42. The van der Waals surface area contributed by atoms with Crippen LogP contribution in [0.4, 0.5) is 0 Å². The van der Waals surface area contributed by atoms with Gasteiger partial charge in [0.05, 0.1) is 18.8 Å². The molecule has 1 rings (SSSR count).